The van der Waals surface area contributed by atoms with E-state index in [2.05, 4.69) is 4.90 Å². The van der Waals surface area contributed by atoms with Crippen LogP contribution in [0.15, 0.2) is 16.5 Å². The molecule has 1 rings (SSSR count). The number of carbonyl (C=O) groups is 1. The molecule has 0 radical (unpaired) electrons. The topological polar surface area (TPSA) is 62.7 Å². The molecule has 0 bridgehead atoms. The number of likely N-dealkylation sites (N-methyl/N-ethyl adjacent to an activating group) is 1. The van der Waals surface area contributed by atoms with Crippen molar-refractivity contribution in [1.82, 2.24) is 9.80 Å². The lowest BCUT2D eigenvalue weighted by molar-refractivity contribution is -0.136. The number of aryl methyl sites for hydroxylation is 1. The number of nitrogens with zero attached hydrogens (tertiary/aromatic N) is 2. The summed E-state index contributed by atoms with van der Waals surface area (Å²) in [5, 5.41) is 0. The van der Waals surface area contributed by atoms with Gasteiger partial charge in [0.1, 0.15) is 11.5 Å². The number of hydrogen-bond donors (Lipinski definition) is 1. The van der Waals surface area contributed by atoms with Crippen molar-refractivity contribution in [3.8, 4) is 0 Å². The third-order valence-corrected chi connectivity index (χ3v) is 3.53. The maximum atomic E-state index is 12.6. The van der Waals surface area contributed by atoms with Gasteiger partial charge >= 0.3 is 0 Å². The number of nitrogens with two attached hydrogens (primary N) is 1. The number of furan rings is 1. The highest BCUT2D eigenvalue weighted by Crippen LogP contribution is 2.14. The van der Waals surface area contributed by atoms with Crippen LogP contribution in [0.5, 0.6) is 0 Å². The largest absolute Gasteiger partial charge is 0.464 e. The van der Waals surface area contributed by atoms with Gasteiger partial charge in [0.05, 0.1) is 6.54 Å². The van der Waals surface area contributed by atoms with Crippen LogP contribution in [0.4, 0.5) is 0 Å². The maximum absolute atomic E-state index is 12.6. The molecule has 0 saturated heterocycles. The van der Waals surface area contributed by atoms with Gasteiger partial charge in [0, 0.05) is 19.0 Å². The quantitative estimate of drug-likeness (QED) is 0.755. The van der Waals surface area contributed by atoms with Crippen LogP contribution in [-0.4, -0.2) is 49.4 Å². The van der Waals surface area contributed by atoms with Crippen LogP contribution in [0.2, 0.25) is 0 Å². The Morgan fingerprint density at radius 3 is 2.57 bits per heavy atom. The molecular weight excluding hydrogens is 266 g/mol. The molecule has 2 N–H and O–H groups in total. The zero-order valence-corrected chi connectivity index (χ0v) is 13.8. The zero-order chi connectivity index (χ0) is 15.8. The monoisotopic (exact) mass is 295 g/mol. The van der Waals surface area contributed by atoms with Crippen molar-refractivity contribution in [2.24, 2.45) is 11.7 Å². The highest BCUT2D eigenvalue weighted by atomic mass is 16.3. The molecule has 0 spiro atoms. The Bertz CT molecular complexity index is 429. The van der Waals surface area contributed by atoms with Gasteiger partial charge in [-0.3, -0.25) is 4.79 Å². The average molecular weight is 295 g/mol. The molecule has 1 heterocycles. The van der Waals surface area contributed by atoms with Gasteiger partial charge in [-0.25, -0.2) is 0 Å². The first-order valence-electron chi connectivity index (χ1n) is 7.63. The summed E-state index contributed by atoms with van der Waals surface area (Å²) < 4.78 is 5.60. The highest BCUT2D eigenvalue weighted by molar-refractivity contribution is 5.78. The number of amides is 1. The number of carbonyl (C=O) groups excluding carboxylic acids is 1. The third kappa shape index (κ3) is 6.31. The first-order valence-corrected chi connectivity index (χ1v) is 7.63. The van der Waals surface area contributed by atoms with Gasteiger partial charge < -0.3 is 20.0 Å². The van der Waals surface area contributed by atoms with Crippen LogP contribution in [0.1, 0.15) is 31.3 Å². The lowest BCUT2D eigenvalue weighted by atomic mass is 10.0. The van der Waals surface area contributed by atoms with E-state index in [1.54, 1.807) is 0 Å². The molecule has 5 nitrogen and oxygen atoms in total. The molecule has 1 aromatic rings. The summed E-state index contributed by atoms with van der Waals surface area (Å²) >= 11 is 0. The fraction of sp³-hybridized carbons (Fsp3) is 0.688. The molecule has 120 valence electrons. The first-order chi connectivity index (χ1) is 9.93. The van der Waals surface area contributed by atoms with Crippen molar-refractivity contribution < 1.29 is 9.21 Å². The van der Waals surface area contributed by atoms with Gasteiger partial charge in [-0.05, 0) is 52.5 Å². The van der Waals surface area contributed by atoms with Crippen LogP contribution < -0.4 is 5.73 Å². The van der Waals surface area contributed by atoms with Gasteiger partial charge in [-0.15, -0.1) is 0 Å². The second-order valence-corrected chi connectivity index (χ2v) is 5.91. The van der Waals surface area contributed by atoms with E-state index in [9.17, 15) is 4.79 Å². The van der Waals surface area contributed by atoms with E-state index in [1.165, 1.54) is 0 Å². The van der Waals surface area contributed by atoms with Gasteiger partial charge in [-0.2, -0.15) is 0 Å². The molecule has 0 aliphatic heterocycles. The molecule has 1 aromatic heterocycles. The smallest absolute Gasteiger partial charge is 0.225 e. The normalized spacial score (nSPS) is 12.7. The van der Waals surface area contributed by atoms with Crippen LogP contribution in [0.25, 0.3) is 0 Å². The predicted octanol–water partition coefficient (Wildman–Crippen LogP) is 1.85. The molecule has 0 aliphatic rings. The summed E-state index contributed by atoms with van der Waals surface area (Å²) in [6.45, 7) is 6.61. The van der Waals surface area contributed by atoms with E-state index in [-0.39, 0.29) is 11.8 Å². The van der Waals surface area contributed by atoms with Gasteiger partial charge in [0.25, 0.3) is 0 Å². The zero-order valence-electron chi connectivity index (χ0n) is 13.8. The maximum Gasteiger partial charge on any atom is 0.225 e. The van der Waals surface area contributed by atoms with Gasteiger partial charge in [0.2, 0.25) is 5.91 Å². The van der Waals surface area contributed by atoms with E-state index in [1.807, 2.05) is 45.0 Å². The van der Waals surface area contributed by atoms with Crippen LogP contribution in [0.3, 0.4) is 0 Å². The summed E-state index contributed by atoms with van der Waals surface area (Å²) in [5.74, 6) is 1.90. The molecular formula is C16H29N3O2. The van der Waals surface area contributed by atoms with E-state index in [0.29, 0.717) is 19.6 Å². The Hall–Kier alpha value is -1.33. The van der Waals surface area contributed by atoms with Gasteiger partial charge in [0.15, 0.2) is 0 Å². The van der Waals surface area contributed by atoms with E-state index in [4.69, 9.17) is 10.2 Å². The van der Waals surface area contributed by atoms with Crippen molar-refractivity contribution in [1.29, 1.82) is 0 Å². The lowest BCUT2D eigenvalue weighted by Gasteiger charge is -2.26. The fourth-order valence-corrected chi connectivity index (χ4v) is 2.21. The van der Waals surface area contributed by atoms with Crippen molar-refractivity contribution in [2.75, 3.05) is 33.7 Å². The molecule has 0 fully saturated rings. The van der Waals surface area contributed by atoms with Crippen LogP contribution in [0, 0.1) is 12.8 Å². The van der Waals surface area contributed by atoms with E-state index in [0.717, 1.165) is 30.9 Å². The number of rotatable bonds is 9. The molecule has 21 heavy (non-hydrogen) atoms. The summed E-state index contributed by atoms with van der Waals surface area (Å²) in [6, 6.07) is 3.87. The lowest BCUT2D eigenvalue weighted by Crippen LogP contribution is -2.39. The Labute approximate surface area is 128 Å². The van der Waals surface area contributed by atoms with E-state index >= 15 is 0 Å². The van der Waals surface area contributed by atoms with Crippen molar-refractivity contribution in [3.63, 3.8) is 0 Å². The van der Waals surface area contributed by atoms with Crippen LogP contribution in [-0.2, 0) is 11.3 Å². The molecule has 1 atom stereocenters. The molecule has 0 aromatic carbocycles. The Morgan fingerprint density at radius 1 is 1.33 bits per heavy atom. The Kier molecular flexibility index (Phi) is 7.47. The average Bonchev–Trinajstić information content (AvgIpc) is 2.85. The third-order valence-electron chi connectivity index (χ3n) is 3.53. The number of hydrogen-bond acceptors (Lipinski definition) is 4. The predicted molar refractivity (Wildman–Crippen MR) is 84.9 cm³/mol. The van der Waals surface area contributed by atoms with Crippen LogP contribution >= 0.6 is 0 Å². The van der Waals surface area contributed by atoms with Gasteiger partial charge in [-0.1, -0.05) is 6.92 Å². The van der Waals surface area contributed by atoms with Crippen molar-refractivity contribution in [3.05, 3.63) is 23.7 Å². The molecule has 1 amide bonds. The fourth-order valence-electron chi connectivity index (χ4n) is 2.21. The summed E-state index contributed by atoms with van der Waals surface area (Å²) in [7, 11) is 4.02. The summed E-state index contributed by atoms with van der Waals surface area (Å²) in [4.78, 5) is 16.6. The second-order valence-electron chi connectivity index (χ2n) is 5.91. The molecule has 5 heteroatoms. The Balaban J connectivity index is 2.68. The minimum Gasteiger partial charge on any atom is -0.464 e. The molecule has 1 unspecified atom stereocenters. The molecule has 0 aliphatic carbocycles. The second kappa shape index (κ2) is 8.85. The van der Waals surface area contributed by atoms with E-state index < -0.39 is 0 Å². The first kappa shape index (κ1) is 17.7. The minimum atomic E-state index is 0.00627. The molecule has 0 saturated carbocycles. The summed E-state index contributed by atoms with van der Waals surface area (Å²) in [5.41, 5.74) is 5.53. The highest BCUT2D eigenvalue weighted by Gasteiger charge is 2.21. The SMILES string of the molecule is Cc1ccc(CN(CCN(C)C)C(=O)C(C)CCCN)o1. The standard InChI is InChI=1S/C16H29N3O2/c1-13(6-5-9-17)16(20)19(11-10-18(3)4)12-15-8-7-14(2)21-15/h7-8,13H,5-6,9-12,17H2,1-4H3. The summed E-state index contributed by atoms with van der Waals surface area (Å²) in [6.07, 6.45) is 1.72. The minimum absolute atomic E-state index is 0.00627. The van der Waals surface area contributed by atoms with Crippen molar-refractivity contribution in [2.45, 2.75) is 33.2 Å². The van der Waals surface area contributed by atoms with Crippen molar-refractivity contribution >= 4 is 5.91 Å². The Morgan fingerprint density at radius 2 is 2.05 bits per heavy atom.